The summed E-state index contributed by atoms with van der Waals surface area (Å²) in [7, 11) is 0. The zero-order valence-electron chi connectivity index (χ0n) is 11.6. The molecule has 0 aliphatic carbocycles. The normalized spacial score (nSPS) is 10.6. The van der Waals surface area contributed by atoms with Crippen LogP contribution in [-0.4, -0.2) is 12.2 Å². The summed E-state index contributed by atoms with van der Waals surface area (Å²) in [6, 6.07) is 5.36. The van der Waals surface area contributed by atoms with Gasteiger partial charge in [-0.25, -0.2) is 13.2 Å². The van der Waals surface area contributed by atoms with E-state index in [0.717, 1.165) is 6.07 Å². The molecule has 1 amide bonds. The number of halogens is 4. The molecule has 0 unspecified atom stereocenters. The molecule has 2 aromatic carbocycles. The van der Waals surface area contributed by atoms with Gasteiger partial charge in [0.1, 0.15) is 0 Å². The highest BCUT2D eigenvalue weighted by Gasteiger charge is 2.18. The number of nitrogens with one attached hydrogen (secondary N) is 1. The van der Waals surface area contributed by atoms with Gasteiger partial charge in [-0.3, -0.25) is 4.79 Å². The van der Waals surface area contributed by atoms with E-state index in [1.54, 1.807) is 18.4 Å². The third-order valence-corrected chi connectivity index (χ3v) is 4.29. The van der Waals surface area contributed by atoms with E-state index in [2.05, 4.69) is 5.32 Å². The number of carbonyl (C=O) groups is 1. The standard InChI is InChI=1S/C15H11ClF3NOS/c1-7-11(6-10(17)14(19)13(7)18)20-15(21)8-3-4-9(16)12(5-8)22-2/h3-6H,1-2H3,(H,20,21). The topological polar surface area (TPSA) is 29.1 Å². The Balaban J connectivity index is 2.34. The number of hydrogen-bond donors (Lipinski definition) is 1. The van der Waals surface area contributed by atoms with Crippen molar-refractivity contribution in [3.8, 4) is 0 Å². The predicted molar refractivity (Wildman–Crippen MR) is 82.2 cm³/mol. The Labute approximate surface area is 134 Å². The molecule has 0 saturated carbocycles. The van der Waals surface area contributed by atoms with E-state index in [9.17, 15) is 18.0 Å². The first kappa shape index (κ1) is 16.7. The number of benzene rings is 2. The Morgan fingerprint density at radius 2 is 1.86 bits per heavy atom. The molecule has 0 aliphatic rings. The van der Waals surface area contributed by atoms with E-state index in [0.29, 0.717) is 9.92 Å². The number of amides is 1. The molecular weight excluding hydrogens is 335 g/mol. The monoisotopic (exact) mass is 345 g/mol. The first-order valence-electron chi connectivity index (χ1n) is 6.14. The highest BCUT2D eigenvalue weighted by Crippen LogP contribution is 2.27. The van der Waals surface area contributed by atoms with Crippen LogP contribution in [0.15, 0.2) is 29.2 Å². The molecule has 0 saturated heterocycles. The highest BCUT2D eigenvalue weighted by atomic mass is 35.5. The van der Waals surface area contributed by atoms with Gasteiger partial charge in [0, 0.05) is 27.8 Å². The summed E-state index contributed by atoms with van der Waals surface area (Å²) < 4.78 is 39.8. The molecule has 22 heavy (non-hydrogen) atoms. The maximum Gasteiger partial charge on any atom is 0.255 e. The molecule has 0 fully saturated rings. The summed E-state index contributed by atoms with van der Waals surface area (Å²) in [5.74, 6) is -4.82. The van der Waals surface area contributed by atoms with Gasteiger partial charge in [0.05, 0.1) is 5.02 Å². The van der Waals surface area contributed by atoms with Crippen LogP contribution in [0.25, 0.3) is 0 Å². The van der Waals surface area contributed by atoms with Gasteiger partial charge in [-0.15, -0.1) is 11.8 Å². The first-order valence-corrected chi connectivity index (χ1v) is 7.74. The van der Waals surface area contributed by atoms with Crippen LogP contribution in [0.5, 0.6) is 0 Å². The van der Waals surface area contributed by atoms with Gasteiger partial charge in [0.15, 0.2) is 17.5 Å². The number of hydrogen-bond acceptors (Lipinski definition) is 2. The van der Waals surface area contributed by atoms with Crippen molar-refractivity contribution in [2.45, 2.75) is 11.8 Å². The van der Waals surface area contributed by atoms with Crippen molar-refractivity contribution in [1.29, 1.82) is 0 Å². The van der Waals surface area contributed by atoms with E-state index < -0.39 is 23.4 Å². The Morgan fingerprint density at radius 3 is 2.50 bits per heavy atom. The first-order chi connectivity index (χ1) is 10.3. The molecule has 0 radical (unpaired) electrons. The van der Waals surface area contributed by atoms with E-state index in [1.165, 1.54) is 24.8 Å². The number of rotatable bonds is 3. The quantitative estimate of drug-likeness (QED) is 0.623. The van der Waals surface area contributed by atoms with Gasteiger partial charge in [-0.05, 0) is 31.4 Å². The summed E-state index contributed by atoms with van der Waals surface area (Å²) in [6.07, 6.45) is 1.80. The fourth-order valence-electron chi connectivity index (χ4n) is 1.81. The zero-order valence-corrected chi connectivity index (χ0v) is 13.2. The number of anilines is 1. The lowest BCUT2D eigenvalue weighted by Crippen LogP contribution is -2.14. The van der Waals surface area contributed by atoms with Gasteiger partial charge in [0.2, 0.25) is 0 Å². The van der Waals surface area contributed by atoms with Gasteiger partial charge in [0.25, 0.3) is 5.91 Å². The van der Waals surface area contributed by atoms with Crippen LogP contribution in [0.3, 0.4) is 0 Å². The summed E-state index contributed by atoms with van der Waals surface area (Å²) in [5, 5.41) is 2.87. The molecule has 0 bridgehead atoms. The zero-order chi connectivity index (χ0) is 16.4. The Bertz CT molecular complexity index is 752. The molecule has 0 heterocycles. The average molecular weight is 346 g/mol. The van der Waals surface area contributed by atoms with Gasteiger partial charge in [-0.1, -0.05) is 11.6 Å². The smallest absolute Gasteiger partial charge is 0.255 e. The van der Waals surface area contributed by atoms with Crippen LogP contribution >= 0.6 is 23.4 Å². The molecule has 0 spiro atoms. The van der Waals surface area contributed by atoms with Crippen molar-refractivity contribution < 1.29 is 18.0 Å². The van der Waals surface area contributed by atoms with Crippen LogP contribution in [0.1, 0.15) is 15.9 Å². The molecule has 0 atom stereocenters. The Kier molecular flexibility index (Phi) is 5.03. The lowest BCUT2D eigenvalue weighted by Gasteiger charge is -2.11. The van der Waals surface area contributed by atoms with Crippen LogP contribution in [-0.2, 0) is 0 Å². The van der Waals surface area contributed by atoms with Crippen molar-refractivity contribution in [2.75, 3.05) is 11.6 Å². The summed E-state index contributed by atoms with van der Waals surface area (Å²) in [6.45, 7) is 1.25. The molecule has 2 aromatic rings. The largest absolute Gasteiger partial charge is 0.322 e. The van der Waals surface area contributed by atoms with Crippen LogP contribution in [0.4, 0.5) is 18.9 Å². The number of carbonyl (C=O) groups excluding carboxylic acids is 1. The molecule has 116 valence electrons. The second-order valence-corrected chi connectivity index (χ2v) is 5.72. The SMILES string of the molecule is CSc1cc(C(=O)Nc2cc(F)c(F)c(F)c2C)ccc1Cl. The fraction of sp³-hybridized carbons (Fsp3) is 0.133. The van der Waals surface area contributed by atoms with Crippen molar-refractivity contribution in [3.05, 3.63) is 57.9 Å². The molecule has 2 rings (SSSR count). The van der Waals surface area contributed by atoms with Crippen LogP contribution < -0.4 is 5.32 Å². The molecule has 7 heteroatoms. The highest BCUT2D eigenvalue weighted by molar-refractivity contribution is 7.98. The minimum absolute atomic E-state index is 0.123. The molecule has 0 aromatic heterocycles. The fourth-order valence-corrected chi connectivity index (χ4v) is 2.67. The van der Waals surface area contributed by atoms with Crippen molar-refractivity contribution in [1.82, 2.24) is 0 Å². The lowest BCUT2D eigenvalue weighted by atomic mass is 10.1. The second kappa shape index (κ2) is 6.62. The minimum atomic E-state index is -1.56. The van der Waals surface area contributed by atoms with Crippen molar-refractivity contribution >= 4 is 35.0 Å². The van der Waals surface area contributed by atoms with E-state index >= 15 is 0 Å². The van der Waals surface area contributed by atoms with E-state index in [4.69, 9.17) is 11.6 Å². The van der Waals surface area contributed by atoms with Gasteiger partial charge >= 0.3 is 0 Å². The van der Waals surface area contributed by atoms with Gasteiger partial charge < -0.3 is 5.32 Å². The number of thioether (sulfide) groups is 1. The molecular formula is C15H11ClF3NOS. The van der Waals surface area contributed by atoms with E-state index in [1.807, 2.05) is 0 Å². The van der Waals surface area contributed by atoms with Crippen molar-refractivity contribution in [3.63, 3.8) is 0 Å². The summed E-state index contributed by atoms with van der Waals surface area (Å²) in [5.41, 5.74) is -0.0216. The molecule has 2 nitrogen and oxygen atoms in total. The van der Waals surface area contributed by atoms with Crippen LogP contribution in [0, 0.1) is 24.4 Å². The summed E-state index contributed by atoms with van der Waals surface area (Å²) in [4.78, 5) is 12.8. The molecule has 1 N–H and O–H groups in total. The van der Waals surface area contributed by atoms with E-state index in [-0.39, 0.29) is 16.8 Å². The predicted octanol–water partition coefficient (Wildman–Crippen LogP) is 5.04. The van der Waals surface area contributed by atoms with Crippen molar-refractivity contribution in [2.24, 2.45) is 0 Å². The van der Waals surface area contributed by atoms with Gasteiger partial charge in [-0.2, -0.15) is 0 Å². The lowest BCUT2D eigenvalue weighted by molar-refractivity contribution is 0.102. The molecule has 0 aliphatic heterocycles. The third-order valence-electron chi connectivity index (χ3n) is 3.07. The van der Waals surface area contributed by atoms with Crippen LogP contribution in [0.2, 0.25) is 5.02 Å². The third kappa shape index (κ3) is 3.23. The minimum Gasteiger partial charge on any atom is -0.322 e. The maximum absolute atomic E-state index is 13.5. The Morgan fingerprint density at radius 1 is 1.18 bits per heavy atom. The average Bonchev–Trinajstić information content (AvgIpc) is 2.50. The Hall–Kier alpha value is -1.66. The maximum atomic E-state index is 13.5. The second-order valence-electron chi connectivity index (χ2n) is 4.46. The summed E-state index contributed by atoms with van der Waals surface area (Å²) >= 11 is 7.31.